The first-order valence-corrected chi connectivity index (χ1v) is 8.61. The molecule has 1 fully saturated rings. The number of nitrogens with zero attached hydrogens (tertiary/aromatic N) is 4. The Balaban J connectivity index is 1.62. The Labute approximate surface area is 156 Å². The SMILES string of the molecule is CN1CCN(c2ccc(NC(=O)Cn3cc([N+](=O)[O-])ccc3=O)cc2)CC1. The Bertz CT molecular complexity index is 885. The van der Waals surface area contributed by atoms with Crippen LogP contribution in [0.2, 0.25) is 0 Å². The Morgan fingerprint density at radius 2 is 1.78 bits per heavy atom. The van der Waals surface area contributed by atoms with Gasteiger partial charge in [-0.25, -0.2) is 0 Å². The molecule has 0 saturated carbocycles. The van der Waals surface area contributed by atoms with Crippen molar-refractivity contribution in [3.05, 3.63) is 63.1 Å². The lowest BCUT2D eigenvalue weighted by atomic mass is 10.2. The number of benzene rings is 1. The van der Waals surface area contributed by atoms with Crippen molar-refractivity contribution in [1.82, 2.24) is 9.47 Å². The fourth-order valence-corrected chi connectivity index (χ4v) is 2.93. The molecular formula is C18H21N5O4. The zero-order valence-electron chi connectivity index (χ0n) is 15.0. The molecule has 1 aromatic carbocycles. The van der Waals surface area contributed by atoms with Gasteiger partial charge in [0.05, 0.1) is 11.1 Å². The number of nitrogens with one attached hydrogen (secondary N) is 1. The van der Waals surface area contributed by atoms with Gasteiger partial charge in [-0.3, -0.25) is 24.3 Å². The molecule has 27 heavy (non-hydrogen) atoms. The first-order chi connectivity index (χ1) is 12.9. The van der Waals surface area contributed by atoms with Gasteiger partial charge in [-0.05, 0) is 31.3 Å². The molecule has 9 heteroatoms. The smallest absolute Gasteiger partial charge is 0.285 e. The number of likely N-dealkylation sites (N-methyl/N-ethyl adjacent to an activating group) is 1. The van der Waals surface area contributed by atoms with Gasteiger partial charge in [-0.2, -0.15) is 0 Å². The zero-order valence-corrected chi connectivity index (χ0v) is 15.0. The molecular weight excluding hydrogens is 350 g/mol. The molecule has 0 atom stereocenters. The number of nitro groups is 1. The molecule has 0 spiro atoms. The number of carbonyl (C=O) groups is 1. The second kappa shape index (κ2) is 8.00. The van der Waals surface area contributed by atoms with Gasteiger partial charge in [0, 0.05) is 49.7 Å². The Kier molecular flexibility index (Phi) is 5.51. The van der Waals surface area contributed by atoms with E-state index in [0.717, 1.165) is 54.8 Å². The van der Waals surface area contributed by atoms with Crippen LogP contribution in [0.4, 0.5) is 17.1 Å². The van der Waals surface area contributed by atoms with Gasteiger partial charge in [-0.15, -0.1) is 0 Å². The van der Waals surface area contributed by atoms with Gasteiger partial charge in [0.25, 0.3) is 11.2 Å². The van der Waals surface area contributed by atoms with Crippen LogP contribution in [0.3, 0.4) is 0 Å². The molecule has 3 rings (SSSR count). The van der Waals surface area contributed by atoms with Crippen LogP contribution in [0.25, 0.3) is 0 Å². The van der Waals surface area contributed by atoms with E-state index in [1.807, 2.05) is 24.3 Å². The van der Waals surface area contributed by atoms with Crippen molar-refractivity contribution >= 4 is 23.0 Å². The molecule has 1 aliphatic rings. The lowest BCUT2D eigenvalue weighted by Crippen LogP contribution is -2.44. The van der Waals surface area contributed by atoms with Crippen molar-refractivity contribution in [3.63, 3.8) is 0 Å². The van der Waals surface area contributed by atoms with Gasteiger partial charge in [-0.1, -0.05) is 0 Å². The molecule has 1 saturated heterocycles. The van der Waals surface area contributed by atoms with Crippen LogP contribution in [-0.4, -0.2) is 53.5 Å². The predicted octanol–water partition coefficient (Wildman–Crippen LogP) is 1.15. The summed E-state index contributed by atoms with van der Waals surface area (Å²) in [4.78, 5) is 38.7. The predicted molar refractivity (Wildman–Crippen MR) is 102 cm³/mol. The van der Waals surface area contributed by atoms with Crippen LogP contribution in [0, 0.1) is 10.1 Å². The number of hydrogen-bond acceptors (Lipinski definition) is 6. The lowest BCUT2D eigenvalue weighted by molar-refractivity contribution is -0.385. The maximum absolute atomic E-state index is 12.2. The van der Waals surface area contributed by atoms with E-state index >= 15 is 0 Å². The van der Waals surface area contributed by atoms with Crippen molar-refractivity contribution in [2.24, 2.45) is 0 Å². The number of piperazine rings is 1. The van der Waals surface area contributed by atoms with Crippen molar-refractivity contribution in [2.45, 2.75) is 6.54 Å². The third kappa shape index (κ3) is 4.70. The molecule has 9 nitrogen and oxygen atoms in total. The first-order valence-electron chi connectivity index (χ1n) is 8.61. The molecule has 1 N–H and O–H groups in total. The number of carbonyl (C=O) groups excluding carboxylic acids is 1. The minimum atomic E-state index is -0.606. The van der Waals surface area contributed by atoms with E-state index in [2.05, 4.69) is 22.2 Å². The number of anilines is 2. The summed E-state index contributed by atoms with van der Waals surface area (Å²) in [6, 6.07) is 9.70. The largest absolute Gasteiger partial charge is 0.369 e. The van der Waals surface area contributed by atoms with Crippen molar-refractivity contribution < 1.29 is 9.72 Å². The first kappa shape index (κ1) is 18.6. The van der Waals surface area contributed by atoms with Crippen LogP contribution in [0.1, 0.15) is 0 Å². The standard InChI is InChI=1S/C18H21N5O4/c1-20-8-10-21(11-9-20)15-4-2-14(3-5-15)19-17(24)13-22-12-16(23(26)27)6-7-18(22)25/h2-7,12H,8-11,13H2,1H3,(H,19,24). The fraction of sp³-hybridized carbons (Fsp3) is 0.333. The summed E-state index contributed by atoms with van der Waals surface area (Å²) in [5.41, 5.74) is 0.993. The van der Waals surface area contributed by atoms with Crippen molar-refractivity contribution in [2.75, 3.05) is 43.4 Å². The fourth-order valence-electron chi connectivity index (χ4n) is 2.93. The highest BCUT2D eigenvalue weighted by molar-refractivity contribution is 5.90. The normalized spacial score (nSPS) is 14.8. The van der Waals surface area contributed by atoms with Gasteiger partial charge < -0.3 is 15.1 Å². The van der Waals surface area contributed by atoms with E-state index in [1.165, 1.54) is 0 Å². The molecule has 1 amide bonds. The van der Waals surface area contributed by atoms with E-state index in [9.17, 15) is 19.7 Å². The number of rotatable bonds is 5. The quantitative estimate of drug-likeness (QED) is 0.625. The Morgan fingerprint density at radius 3 is 2.41 bits per heavy atom. The van der Waals surface area contributed by atoms with Crippen LogP contribution in [-0.2, 0) is 11.3 Å². The van der Waals surface area contributed by atoms with E-state index in [0.29, 0.717) is 5.69 Å². The summed E-state index contributed by atoms with van der Waals surface area (Å²) in [7, 11) is 2.10. The van der Waals surface area contributed by atoms with E-state index in [-0.39, 0.29) is 12.2 Å². The summed E-state index contributed by atoms with van der Waals surface area (Å²) >= 11 is 0. The van der Waals surface area contributed by atoms with E-state index < -0.39 is 16.4 Å². The maximum atomic E-state index is 12.2. The topological polar surface area (TPSA) is 101 Å². The van der Waals surface area contributed by atoms with Crippen LogP contribution in [0.5, 0.6) is 0 Å². The van der Waals surface area contributed by atoms with Crippen molar-refractivity contribution in [3.8, 4) is 0 Å². The second-order valence-corrected chi connectivity index (χ2v) is 6.50. The van der Waals surface area contributed by atoms with Crippen LogP contribution >= 0.6 is 0 Å². The summed E-state index contributed by atoms with van der Waals surface area (Å²) in [5.74, 6) is -0.426. The lowest BCUT2D eigenvalue weighted by Gasteiger charge is -2.34. The minimum absolute atomic E-state index is 0.237. The minimum Gasteiger partial charge on any atom is -0.369 e. The zero-order chi connectivity index (χ0) is 19.4. The maximum Gasteiger partial charge on any atom is 0.285 e. The van der Waals surface area contributed by atoms with E-state index in [4.69, 9.17) is 0 Å². The highest BCUT2D eigenvalue weighted by Gasteiger charge is 2.14. The Hall–Kier alpha value is -3.20. The third-order valence-corrected chi connectivity index (χ3v) is 4.51. The van der Waals surface area contributed by atoms with Crippen molar-refractivity contribution in [1.29, 1.82) is 0 Å². The molecule has 142 valence electrons. The molecule has 2 aromatic rings. The van der Waals surface area contributed by atoms with Gasteiger partial charge in [0.1, 0.15) is 6.54 Å². The third-order valence-electron chi connectivity index (χ3n) is 4.51. The van der Waals surface area contributed by atoms with Gasteiger partial charge in [0.15, 0.2) is 0 Å². The molecule has 0 aliphatic carbocycles. The number of pyridine rings is 1. The molecule has 2 heterocycles. The number of hydrogen-bond donors (Lipinski definition) is 1. The highest BCUT2D eigenvalue weighted by Crippen LogP contribution is 2.19. The summed E-state index contributed by atoms with van der Waals surface area (Å²) in [6.45, 7) is 3.64. The molecule has 0 unspecified atom stereocenters. The molecule has 0 radical (unpaired) electrons. The summed E-state index contributed by atoms with van der Waals surface area (Å²) < 4.78 is 1.02. The molecule has 1 aliphatic heterocycles. The van der Waals surface area contributed by atoms with Gasteiger partial charge in [0.2, 0.25) is 5.91 Å². The Morgan fingerprint density at radius 1 is 1.11 bits per heavy atom. The highest BCUT2D eigenvalue weighted by atomic mass is 16.6. The molecule has 0 bridgehead atoms. The van der Waals surface area contributed by atoms with E-state index in [1.54, 1.807) is 0 Å². The molecule has 1 aromatic heterocycles. The second-order valence-electron chi connectivity index (χ2n) is 6.50. The van der Waals surface area contributed by atoms with Crippen LogP contribution in [0.15, 0.2) is 47.4 Å². The summed E-state index contributed by atoms with van der Waals surface area (Å²) in [5, 5.41) is 13.5. The summed E-state index contributed by atoms with van der Waals surface area (Å²) in [6.07, 6.45) is 1.07. The van der Waals surface area contributed by atoms with Crippen LogP contribution < -0.4 is 15.8 Å². The average Bonchev–Trinajstić information content (AvgIpc) is 2.64. The monoisotopic (exact) mass is 371 g/mol. The number of amides is 1. The average molecular weight is 371 g/mol. The van der Waals surface area contributed by atoms with Gasteiger partial charge >= 0.3 is 0 Å². The number of aromatic nitrogens is 1.